The zero-order valence-electron chi connectivity index (χ0n) is 10.4. The summed E-state index contributed by atoms with van der Waals surface area (Å²) < 4.78 is 24.7. The standard InChI is InChI=1S/C12H16N2O3S/c1-7-5-9-11(6-8(7)2)18(16,17)10(3-4-13)12(15)14-9/h5-6,10H,3-4,13H2,1-2H3,(H,14,15). The Morgan fingerprint density at radius 1 is 1.28 bits per heavy atom. The zero-order valence-corrected chi connectivity index (χ0v) is 11.2. The average Bonchev–Trinajstić information content (AvgIpc) is 2.28. The highest BCUT2D eigenvalue weighted by Crippen LogP contribution is 2.33. The zero-order chi connectivity index (χ0) is 13.5. The summed E-state index contributed by atoms with van der Waals surface area (Å²) in [7, 11) is -3.63. The molecule has 98 valence electrons. The summed E-state index contributed by atoms with van der Waals surface area (Å²) in [5.74, 6) is -0.490. The van der Waals surface area contributed by atoms with E-state index >= 15 is 0 Å². The molecule has 0 saturated heterocycles. The molecule has 1 aromatic rings. The van der Waals surface area contributed by atoms with E-state index in [9.17, 15) is 13.2 Å². The number of anilines is 1. The Hall–Kier alpha value is -1.40. The minimum absolute atomic E-state index is 0.139. The highest BCUT2D eigenvalue weighted by molar-refractivity contribution is 7.93. The lowest BCUT2D eigenvalue weighted by molar-refractivity contribution is -0.116. The van der Waals surface area contributed by atoms with Gasteiger partial charge < -0.3 is 11.1 Å². The van der Waals surface area contributed by atoms with Gasteiger partial charge in [-0.3, -0.25) is 4.79 Å². The Morgan fingerprint density at radius 3 is 2.50 bits per heavy atom. The first-order valence-corrected chi connectivity index (χ1v) is 7.28. The summed E-state index contributed by atoms with van der Waals surface area (Å²) in [5.41, 5.74) is 7.58. The van der Waals surface area contributed by atoms with Crippen LogP contribution in [0.1, 0.15) is 17.5 Å². The molecule has 1 amide bonds. The SMILES string of the molecule is Cc1cc2c(cc1C)S(=O)(=O)C(CCN)C(=O)N2. The van der Waals surface area contributed by atoms with Crippen molar-refractivity contribution >= 4 is 21.4 Å². The molecule has 1 unspecified atom stereocenters. The van der Waals surface area contributed by atoms with Crippen molar-refractivity contribution in [1.82, 2.24) is 0 Å². The van der Waals surface area contributed by atoms with Gasteiger partial charge in [-0.05, 0) is 50.1 Å². The fraction of sp³-hybridized carbons (Fsp3) is 0.417. The summed E-state index contributed by atoms with van der Waals surface area (Å²) in [5, 5.41) is 1.57. The van der Waals surface area contributed by atoms with E-state index in [1.165, 1.54) is 0 Å². The quantitative estimate of drug-likeness (QED) is 0.828. The average molecular weight is 268 g/mol. The largest absolute Gasteiger partial charge is 0.330 e. The summed E-state index contributed by atoms with van der Waals surface area (Å²) in [6, 6.07) is 3.31. The lowest BCUT2D eigenvalue weighted by atomic mass is 10.1. The van der Waals surface area contributed by atoms with Crippen LogP contribution in [0.15, 0.2) is 17.0 Å². The Bertz CT molecular complexity index is 608. The molecule has 2 rings (SSSR count). The third-order valence-corrected chi connectivity index (χ3v) is 5.41. The Labute approximate surface area is 106 Å². The lowest BCUT2D eigenvalue weighted by Gasteiger charge is -2.25. The summed E-state index contributed by atoms with van der Waals surface area (Å²) >= 11 is 0. The van der Waals surface area contributed by atoms with Gasteiger partial charge in [0, 0.05) is 0 Å². The normalized spacial score (nSPS) is 21.3. The van der Waals surface area contributed by atoms with Crippen molar-refractivity contribution in [3.8, 4) is 0 Å². The van der Waals surface area contributed by atoms with Gasteiger partial charge in [0.1, 0.15) is 5.25 Å². The molecule has 1 heterocycles. The molecule has 0 aromatic heterocycles. The first-order chi connectivity index (χ1) is 8.37. The van der Waals surface area contributed by atoms with Crippen LogP contribution in [-0.4, -0.2) is 26.1 Å². The summed E-state index contributed by atoms with van der Waals surface area (Å²) in [6.45, 7) is 3.89. The second-order valence-electron chi connectivity index (χ2n) is 4.53. The van der Waals surface area contributed by atoms with Crippen molar-refractivity contribution in [2.45, 2.75) is 30.4 Å². The number of benzene rings is 1. The third kappa shape index (κ3) is 1.91. The predicted octanol–water partition coefficient (Wildman–Crippen LogP) is 0.747. The number of fused-ring (bicyclic) bond motifs is 1. The highest BCUT2D eigenvalue weighted by atomic mass is 32.2. The molecule has 1 aliphatic heterocycles. The summed E-state index contributed by atoms with van der Waals surface area (Å²) in [4.78, 5) is 12.0. The van der Waals surface area contributed by atoms with Crippen molar-refractivity contribution in [1.29, 1.82) is 0 Å². The van der Waals surface area contributed by atoms with Gasteiger partial charge in [0.2, 0.25) is 5.91 Å². The molecule has 0 aliphatic carbocycles. The van der Waals surface area contributed by atoms with Gasteiger partial charge in [0.05, 0.1) is 10.6 Å². The molecule has 0 fully saturated rings. The van der Waals surface area contributed by atoms with Crippen LogP contribution in [0.2, 0.25) is 0 Å². The monoisotopic (exact) mass is 268 g/mol. The number of aryl methyl sites for hydroxylation is 2. The number of hydrogen-bond acceptors (Lipinski definition) is 4. The van der Waals surface area contributed by atoms with Crippen LogP contribution >= 0.6 is 0 Å². The van der Waals surface area contributed by atoms with E-state index in [0.717, 1.165) is 11.1 Å². The number of nitrogens with one attached hydrogen (secondary N) is 1. The molecule has 18 heavy (non-hydrogen) atoms. The minimum Gasteiger partial charge on any atom is -0.330 e. The lowest BCUT2D eigenvalue weighted by Crippen LogP contribution is -2.41. The Kier molecular flexibility index (Phi) is 3.16. The van der Waals surface area contributed by atoms with Crippen LogP contribution in [0.3, 0.4) is 0 Å². The molecule has 1 atom stereocenters. The second kappa shape index (κ2) is 4.37. The molecule has 0 bridgehead atoms. The van der Waals surface area contributed by atoms with Crippen molar-refractivity contribution in [3.63, 3.8) is 0 Å². The van der Waals surface area contributed by atoms with E-state index < -0.39 is 21.0 Å². The van der Waals surface area contributed by atoms with E-state index in [0.29, 0.717) is 5.69 Å². The number of sulfone groups is 1. The van der Waals surface area contributed by atoms with Crippen molar-refractivity contribution in [2.75, 3.05) is 11.9 Å². The number of carbonyl (C=O) groups is 1. The molecule has 1 aliphatic rings. The molecular weight excluding hydrogens is 252 g/mol. The molecule has 0 radical (unpaired) electrons. The van der Waals surface area contributed by atoms with Crippen molar-refractivity contribution < 1.29 is 13.2 Å². The fourth-order valence-electron chi connectivity index (χ4n) is 2.07. The fourth-order valence-corrected chi connectivity index (χ4v) is 3.92. The van der Waals surface area contributed by atoms with E-state index in [1.54, 1.807) is 12.1 Å². The first-order valence-electron chi connectivity index (χ1n) is 5.74. The Balaban J connectivity index is 2.63. The maximum atomic E-state index is 12.4. The third-order valence-electron chi connectivity index (χ3n) is 3.26. The van der Waals surface area contributed by atoms with Crippen LogP contribution < -0.4 is 11.1 Å². The highest BCUT2D eigenvalue weighted by Gasteiger charge is 2.39. The van der Waals surface area contributed by atoms with E-state index in [-0.39, 0.29) is 17.9 Å². The second-order valence-corrected chi connectivity index (χ2v) is 6.63. The van der Waals surface area contributed by atoms with Gasteiger partial charge in [0.25, 0.3) is 0 Å². The summed E-state index contributed by atoms with van der Waals surface area (Å²) in [6.07, 6.45) is 0.139. The number of hydrogen-bond donors (Lipinski definition) is 2. The van der Waals surface area contributed by atoms with Crippen LogP contribution in [0.25, 0.3) is 0 Å². The van der Waals surface area contributed by atoms with Gasteiger partial charge in [-0.2, -0.15) is 0 Å². The van der Waals surface area contributed by atoms with Gasteiger partial charge in [-0.15, -0.1) is 0 Å². The van der Waals surface area contributed by atoms with Crippen molar-refractivity contribution in [3.05, 3.63) is 23.3 Å². The van der Waals surface area contributed by atoms with Crippen LogP contribution in [0, 0.1) is 13.8 Å². The number of nitrogens with two attached hydrogens (primary N) is 1. The molecule has 0 spiro atoms. The minimum atomic E-state index is -3.63. The molecule has 5 nitrogen and oxygen atoms in total. The van der Waals surface area contributed by atoms with Crippen LogP contribution in [0.4, 0.5) is 5.69 Å². The predicted molar refractivity (Wildman–Crippen MR) is 69.2 cm³/mol. The van der Waals surface area contributed by atoms with Gasteiger partial charge >= 0.3 is 0 Å². The van der Waals surface area contributed by atoms with Crippen LogP contribution in [0.5, 0.6) is 0 Å². The van der Waals surface area contributed by atoms with E-state index in [2.05, 4.69) is 5.32 Å². The smallest absolute Gasteiger partial charge is 0.243 e. The molecule has 1 aromatic carbocycles. The van der Waals surface area contributed by atoms with Gasteiger partial charge in [-0.1, -0.05) is 0 Å². The number of rotatable bonds is 2. The molecular formula is C12H16N2O3S. The Morgan fingerprint density at radius 2 is 1.89 bits per heavy atom. The van der Waals surface area contributed by atoms with Crippen molar-refractivity contribution in [2.24, 2.45) is 5.73 Å². The van der Waals surface area contributed by atoms with Crippen LogP contribution in [-0.2, 0) is 14.6 Å². The molecule has 3 N–H and O–H groups in total. The first kappa shape index (κ1) is 13.0. The van der Waals surface area contributed by atoms with Gasteiger partial charge in [-0.25, -0.2) is 8.42 Å². The maximum absolute atomic E-state index is 12.4. The molecule has 6 heteroatoms. The topological polar surface area (TPSA) is 89.3 Å². The molecule has 0 saturated carbocycles. The maximum Gasteiger partial charge on any atom is 0.243 e. The van der Waals surface area contributed by atoms with E-state index in [4.69, 9.17) is 5.73 Å². The van der Waals surface area contributed by atoms with E-state index in [1.807, 2.05) is 13.8 Å². The number of carbonyl (C=O) groups excluding carboxylic acids is 1. The van der Waals surface area contributed by atoms with Gasteiger partial charge in [0.15, 0.2) is 9.84 Å². The number of amides is 1.